The van der Waals surface area contributed by atoms with Gasteiger partial charge in [0.05, 0.1) is 0 Å². The van der Waals surface area contributed by atoms with Crippen LogP contribution >= 0.6 is 11.6 Å². The molecule has 0 aliphatic heterocycles. The van der Waals surface area contributed by atoms with Crippen molar-refractivity contribution in [3.63, 3.8) is 0 Å². The number of aromatic nitrogens is 2. The molecule has 4 nitrogen and oxygen atoms in total. The number of carbonyl (C=O) groups excluding carboxylic acids is 1. The van der Waals surface area contributed by atoms with Gasteiger partial charge in [0.15, 0.2) is 12.4 Å². The smallest absolute Gasteiger partial charge is 0.235 e. The number of hydrogen-bond donors (Lipinski definition) is 0. The van der Waals surface area contributed by atoms with Crippen LogP contribution in [0.3, 0.4) is 0 Å². The minimum absolute atomic E-state index is 0.0406. The van der Waals surface area contributed by atoms with Crippen molar-refractivity contribution in [1.82, 2.24) is 9.55 Å². The van der Waals surface area contributed by atoms with Crippen LogP contribution in [0.4, 0.5) is 0 Å². The Morgan fingerprint density at radius 1 is 1.47 bits per heavy atom. The predicted octanol–water partition coefficient (Wildman–Crippen LogP) is 3.21. The molecule has 0 atom stereocenters. The Morgan fingerprint density at radius 3 is 3.05 bits per heavy atom. The summed E-state index contributed by atoms with van der Waals surface area (Å²) in [5, 5.41) is 0.581. The van der Waals surface area contributed by atoms with Crippen molar-refractivity contribution >= 4 is 17.4 Å². The lowest BCUT2D eigenvalue weighted by Crippen LogP contribution is -2.17. The molecule has 1 aromatic carbocycles. The van der Waals surface area contributed by atoms with E-state index in [0.717, 1.165) is 13.0 Å². The molecule has 5 heteroatoms. The van der Waals surface area contributed by atoms with E-state index in [-0.39, 0.29) is 12.4 Å². The molecule has 0 unspecified atom stereocenters. The summed E-state index contributed by atoms with van der Waals surface area (Å²) in [5.74, 6) is 0.872. The van der Waals surface area contributed by atoms with Gasteiger partial charge in [0, 0.05) is 24.0 Å². The summed E-state index contributed by atoms with van der Waals surface area (Å²) >= 11 is 5.84. The van der Waals surface area contributed by atoms with Gasteiger partial charge in [-0.25, -0.2) is 4.98 Å². The first-order valence-electron chi connectivity index (χ1n) is 6.13. The summed E-state index contributed by atoms with van der Waals surface area (Å²) in [7, 11) is 0. The second kappa shape index (κ2) is 6.38. The highest BCUT2D eigenvalue weighted by molar-refractivity contribution is 6.30. The molecule has 0 aliphatic carbocycles. The predicted molar refractivity (Wildman–Crippen MR) is 73.8 cm³/mol. The van der Waals surface area contributed by atoms with E-state index in [1.54, 1.807) is 36.7 Å². The zero-order chi connectivity index (χ0) is 13.7. The van der Waals surface area contributed by atoms with Crippen LogP contribution in [0.5, 0.6) is 5.75 Å². The average molecular weight is 279 g/mol. The number of Topliss-reactive ketones (excluding diaryl/α,β-unsaturated/α-hetero) is 1. The molecule has 2 aromatic rings. The minimum atomic E-state index is -0.140. The quantitative estimate of drug-likeness (QED) is 0.762. The Balaban J connectivity index is 1.99. The highest BCUT2D eigenvalue weighted by Crippen LogP contribution is 2.17. The first-order valence-corrected chi connectivity index (χ1v) is 6.51. The van der Waals surface area contributed by atoms with Gasteiger partial charge >= 0.3 is 0 Å². The number of hydrogen-bond acceptors (Lipinski definition) is 3. The number of carbonyl (C=O) groups is 1. The van der Waals surface area contributed by atoms with Gasteiger partial charge in [-0.2, -0.15) is 0 Å². The molecule has 0 saturated heterocycles. The van der Waals surface area contributed by atoms with E-state index in [0.29, 0.717) is 16.6 Å². The first kappa shape index (κ1) is 13.6. The zero-order valence-electron chi connectivity index (χ0n) is 10.7. The number of rotatable bonds is 6. The average Bonchev–Trinajstić information content (AvgIpc) is 2.85. The molecule has 0 amide bonds. The summed E-state index contributed by atoms with van der Waals surface area (Å²) in [5.41, 5.74) is 0. The highest BCUT2D eigenvalue weighted by atomic mass is 35.5. The second-order valence-electron chi connectivity index (χ2n) is 4.11. The largest absolute Gasteiger partial charge is 0.485 e. The van der Waals surface area contributed by atoms with Crippen LogP contribution in [-0.2, 0) is 6.54 Å². The van der Waals surface area contributed by atoms with Crippen molar-refractivity contribution in [3.05, 3.63) is 47.5 Å². The van der Waals surface area contributed by atoms with Crippen LogP contribution in [0.2, 0.25) is 5.02 Å². The Hall–Kier alpha value is -1.81. The number of nitrogens with zero attached hydrogens (tertiary/aromatic N) is 2. The lowest BCUT2D eigenvalue weighted by atomic mass is 10.3. The molecule has 0 fully saturated rings. The third kappa shape index (κ3) is 3.58. The fraction of sp³-hybridized carbons (Fsp3) is 0.286. The molecule has 2 rings (SSSR count). The summed E-state index contributed by atoms with van der Waals surface area (Å²) in [6, 6.07) is 6.97. The van der Waals surface area contributed by atoms with Crippen molar-refractivity contribution in [2.75, 3.05) is 6.61 Å². The molecule has 1 aromatic heterocycles. The van der Waals surface area contributed by atoms with Crippen molar-refractivity contribution in [1.29, 1.82) is 0 Å². The number of ether oxygens (including phenoxy) is 1. The summed E-state index contributed by atoms with van der Waals surface area (Å²) < 4.78 is 7.26. The van der Waals surface area contributed by atoms with Gasteiger partial charge in [0.25, 0.3) is 0 Å². The van der Waals surface area contributed by atoms with Gasteiger partial charge in [-0.1, -0.05) is 24.6 Å². The van der Waals surface area contributed by atoms with Crippen LogP contribution in [0, 0.1) is 0 Å². The molecule has 19 heavy (non-hydrogen) atoms. The third-order valence-corrected chi connectivity index (χ3v) is 2.83. The normalized spacial score (nSPS) is 10.4. The standard InChI is InChI=1S/C14H15ClN2O2/c1-2-7-17-8-6-16-14(17)13(18)10-19-12-5-3-4-11(15)9-12/h3-6,8-9H,2,7,10H2,1H3. The molecule has 0 N–H and O–H groups in total. The third-order valence-electron chi connectivity index (χ3n) is 2.60. The van der Waals surface area contributed by atoms with Gasteiger partial charge in [0.2, 0.25) is 5.78 Å². The topological polar surface area (TPSA) is 44.1 Å². The lowest BCUT2D eigenvalue weighted by Gasteiger charge is -2.07. The maximum absolute atomic E-state index is 12.0. The Labute approximate surface area is 117 Å². The first-order chi connectivity index (χ1) is 9.20. The molecule has 1 heterocycles. The fourth-order valence-corrected chi connectivity index (χ4v) is 1.93. The number of imidazole rings is 1. The fourth-order valence-electron chi connectivity index (χ4n) is 1.75. The van der Waals surface area contributed by atoms with Crippen molar-refractivity contribution in [3.8, 4) is 5.75 Å². The molecular weight excluding hydrogens is 264 g/mol. The summed E-state index contributed by atoms with van der Waals surface area (Å²) in [4.78, 5) is 16.1. The Bertz CT molecular complexity index is 566. The molecule has 0 aliphatic rings. The van der Waals surface area contributed by atoms with Crippen LogP contribution in [-0.4, -0.2) is 21.9 Å². The van der Waals surface area contributed by atoms with E-state index in [2.05, 4.69) is 11.9 Å². The van der Waals surface area contributed by atoms with Crippen molar-refractivity contribution < 1.29 is 9.53 Å². The van der Waals surface area contributed by atoms with Crippen LogP contribution < -0.4 is 4.74 Å². The second-order valence-corrected chi connectivity index (χ2v) is 4.55. The lowest BCUT2D eigenvalue weighted by molar-refractivity contribution is 0.0906. The van der Waals surface area contributed by atoms with E-state index in [9.17, 15) is 4.79 Å². The molecule has 0 bridgehead atoms. The van der Waals surface area contributed by atoms with Gasteiger partial charge in [0.1, 0.15) is 5.75 Å². The number of benzene rings is 1. The SMILES string of the molecule is CCCn1ccnc1C(=O)COc1cccc(Cl)c1. The monoisotopic (exact) mass is 278 g/mol. The molecule has 0 saturated carbocycles. The van der Waals surface area contributed by atoms with E-state index >= 15 is 0 Å². The van der Waals surface area contributed by atoms with Gasteiger partial charge in [-0.3, -0.25) is 4.79 Å². The van der Waals surface area contributed by atoms with Crippen molar-refractivity contribution in [2.45, 2.75) is 19.9 Å². The van der Waals surface area contributed by atoms with Crippen LogP contribution in [0.1, 0.15) is 24.0 Å². The molecule has 100 valence electrons. The highest BCUT2D eigenvalue weighted by Gasteiger charge is 2.13. The van der Waals surface area contributed by atoms with E-state index in [1.165, 1.54) is 0 Å². The molecule has 0 spiro atoms. The van der Waals surface area contributed by atoms with E-state index in [4.69, 9.17) is 16.3 Å². The van der Waals surface area contributed by atoms with E-state index in [1.807, 2.05) is 4.57 Å². The van der Waals surface area contributed by atoms with Crippen LogP contribution in [0.25, 0.3) is 0 Å². The molecule has 0 radical (unpaired) electrons. The maximum atomic E-state index is 12.0. The maximum Gasteiger partial charge on any atom is 0.235 e. The Morgan fingerprint density at radius 2 is 2.32 bits per heavy atom. The van der Waals surface area contributed by atoms with Crippen LogP contribution in [0.15, 0.2) is 36.7 Å². The number of halogens is 1. The van der Waals surface area contributed by atoms with Gasteiger partial charge in [-0.15, -0.1) is 0 Å². The van der Waals surface area contributed by atoms with Gasteiger partial charge < -0.3 is 9.30 Å². The summed E-state index contributed by atoms with van der Waals surface area (Å²) in [6.07, 6.45) is 4.38. The zero-order valence-corrected chi connectivity index (χ0v) is 11.4. The van der Waals surface area contributed by atoms with Crippen molar-refractivity contribution in [2.24, 2.45) is 0 Å². The number of ketones is 1. The summed E-state index contributed by atoms with van der Waals surface area (Å²) in [6.45, 7) is 2.79. The minimum Gasteiger partial charge on any atom is -0.485 e. The van der Waals surface area contributed by atoms with Gasteiger partial charge in [-0.05, 0) is 24.6 Å². The molecular formula is C14H15ClN2O2. The van der Waals surface area contributed by atoms with E-state index < -0.39 is 0 Å². The Kier molecular flexibility index (Phi) is 4.58. The number of aryl methyl sites for hydroxylation is 1.